The molecule has 1 aliphatic heterocycles. The third kappa shape index (κ3) is 5.26. The lowest BCUT2D eigenvalue weighted by Crippen LogP contribution is -2.32. The molecule has 10 aromatic rings. The highest BCUT2D eigenvalue weighted by molar-refractivity contribution is 5.96. The van der Waals surface area contributed by atoms with Gasteiger partial charge in [0.15, 0.2) is 17.5 Å². The van der Waals surface area contributed by atoms with Gasteiger partial charge in [-0.1, -0.05) is 164 Å². The van der Waals surface area contributed by atoms with Gasteiger partial charge >= 0.3 is 0 Å². The Balaban J connectivity index is 1.09. The zero-order valence-corrected chi connectivity index (χ0v) is 32.3. The highest BCUT2D eigenvalue weighted by atomic mass is 16.5. The molecule has 0 saturated carbocycles. The Hall–Kier alpha value is -8.02. The number of hydrogen-bond donors (Lipinski definition) is 0. The maximum absolute atomic E-state index is 6.64. The molecule has 1 aliphatic carbocycles. The van der Waals surface area contributed by atoms with Crippen LogP contribution in [0.1, 0.15) is 22.3 Å². The minimum Gasteiger partial charge on any atom is -0.457 e. The van der Waals surface area contributed by atoms with Crippen LogP contribution in [0.5, 0.6) is 11.5 Å². The SMILES string of the molecule is c1ccc(-c2nc(-c3ccccc3)nc(-c3ccc4c(c3)-c3cc(-c5cccc(-c6nccc7ccccc67)c5)ccc3C43c4ccccc4Oc4ccccc43)n2)cc1. The largest absolute Gasteiger partial charge is 0.457 e. The normalized spacial score (nSPS) is 12.9. The summed E-state index contributed by atoms with van der Waals surface area (Å²) in [6.45, 7) is 0. The minimum absolute atomic E-state index is 0.618. The zero-order chi connectivity index (χ0) is 39.6. The minimum atomic E-state index is -0.620. The van der Waals surface area contributed by atoms with Crippen molar-refractivity contribution in [2.45, 2.75) is 5.41 Å². The Morgan fingerprint density at radius 3 is 1.52 bits per heavy atom. The molecule has 0 fully saturated rings. The zero-order valence-electron chi connectivity index (χ0n) is 32.3. The number of pyridine rings is 1. The Bertz CT molecular complexity index is 3200. The third-order valence-corrected chi connectivity index (χ3v) is 12.0. The first-order valence-corrected chi connectivity index (χ1v) is 20.2. The van der Waals surface area contributed by atoms with Gasteiger partial charge in [-0.3, -0.25) is 4.98 Å². The lowest BCUT2D eigenvalue weighted by molar-refractivity contribution is 0.436. The Morgan fingerprint density at radius 1 is 0.350 bits per heavy atom. The predicted molar refractivity (Wildman–Crippen MR) is 240 cm³/mol. The van der Waals surface area contributed by atoms with Gasteiger partial charge in [0.25, 0.3) is 0 Å². The molecule has 5 heteroatoms. The van der Waals surface area contributed by atoms with Crippen LogP contribution < -0.4 is 4.74 Å². The van der Waals surface area contributed by atoms with Crippen LogP contribution in [0, 0.1) is 0 Å². The van der Waals surface area contributed by atoms with Gasteiger partial charge in [0.2, 0.25) is 0 Å². The fourth-order valence-corrected chi connectivity index (χ4v) is 9.36. The van der Waals surface area contributed by atoms with Crippen molar-refractivity contribution in [3.8, 4) is 79.2 Å². The number of hydrogen-bond acceptors (Lipinski definition) is 5. The fourth-order valence-electron chi connectivity index (χ4n) is 9.36. The van der Waals surface area contributed by atoms with Crippen molar-refractivity contribution < 1.29 is 4.74 Å². The molecule has 2 aliphatic rings. The standard InChI is InChI=1S/C55H34N4O/c1-3-15-36(16-4-1)52-57-53(37-17-5-2-6-18-37)59-54(58-52)41-27-29-46-44(34-41)43-33-39(38-19-13-20-40(32-38)51-42-21-8-7-14-35(42)30-31-56-51)26-28-45(43)55(46)47-22-9-11-24-49(47)60-50-25-12-10-23-48(50)55/h1-34H. The van der Waals surface area contributed by atoms with Crippen LogP contribution in [0.3, 0.4) is 0 Å². The van der Waals surface area contributed by atoms with Gasteiger partial charge in [-0.2, -0.15) is 0 Å². The van der Waals surface area contributed by atoms with Crippen LogP contribution in [-0.4, -0.2) is 19.9 Å². The van der Waals surface area contributed by atoms with Crippen molar-refractivity contribution in [1.82, 2.24) is 19.9 Å². The Morgan fingerprint density at radius 2 is 0.850 bits per heavy atom. The van der Waals surface area contributed by atoms with E-state index in [2.05, 4.69) is 140 Å². The molecule has 60 heavy (non-hydrogen) atoms. The van der Waals surface area contributed by atoms with E-state index in [0.29, 0.717) is 17.5 Å². The molecule has 3 heterocycles. The second-order valence-corrected chi connectivity index (χ2v) is 15.4. The maximum atomic E-state index is 6.64. The van der Waals surface area contributed by atoms with Crippen LogP contribution in [0.4, 0.5) is 0 Å². The molecule has 0 amide bonds. The molecule has 280 valence electrons. The summed E-state index contributed by atoms with van der Waals surface area (Å²) in [6, 6.07) is 70.2. The number of para-hydroxylation sites is 2. The second-order valence-electron chi connectivity index (χ2n) is 15.4. The molecule has 5 nitrogen and oxygen atoms in total. The summed E-state index contributed by atoms with van der Waals surface area (Å²) >= 11 is 0. The van der Waals surface area contributed by atoms with Crippen LogP contribution in [0.15, 0.2) is 206 Å². The average molecular weight is 767 g/mol. The van der Waals surface area contributed by atoms with Gasteiger partial charge in [0.05, 0.1) is 11.1 Å². The van der Waals surface area contributed by atoms with E-state index >= 15 is 0 Å². The number of ether oxygens (including phenoxy) is 1. The van der Waals surface area contributed by atoms with E-state index in [1.807, 2.05) is 66.9 Å². The monoisotopic (exact) mass is 766 g/mol. The summed E-state index contributed by atoms with van der Waals surface area (Å²) in [5.74, 6) is 3.60. The van der Waals surface area contributed by atoms with E-state index in [1.54, 1.807) is 0 Å². The molecule has 12 rings (SSSR count). The molecule has 0 unspecified atom stereocenters. The lowest BCUT2D eigenvalue weighted by Gasteiger charge is -2.39. The first kappa shape index (κ1) is 34.1. The lowest BCUT2D eigenvalue weighted by atomic mass is 9.66. The van der Waals surface area contributed by atoms with E-state index in [9.17, 15) is 0 Å². The van der Waals surface area contributed by atoms with Crippen LogP contribution in [-0.2, 0) is 5.41 Å². The van der Waals surface area contributed by atoms with Crippen LogP contribution in [0.2, 0.25) is 0 Å². The topological polar surface area (TPSA) is 60.8 Å². The molecule has 0 N–H and O–H groups in total. The van der Waals surface area contributed by atoms with Crippen molar-refractivity contribution in [1.29, 1.82) is 0 Å². The Kier molecular flexibility index (Phi) is 7.69. The van der Waals surface area contributed by atoms with Crippen molar-refractivity contribution in [3.63, 3.8) is 0 Å². The Labute approximate surface area is 347 Å². The van der Waals surface area contributed by atoms with Gasteiger partial charge < -0.3 is 4.74 Å². The van der Waals surface area contributed by atoms with Crippen molar-refractivity contribution in [2.24, 2.45) is 0 Å². The predicted octanol–water partition coefficient (Wildman–Crippen LogP) is 13.2. The average Bonchev–Trinajstić information content (AvgIpc) is 3.61. The van der Waals surface area contributed by atoms with Crippen molar-refractivity contribution in [2.75, 3.05) is 0 Å². The summed E-state index contributed by atoms with van der Waals surface area (Å²) in [5, 5.41) is 2.31. The third-order valence-electron chi connectivity index (χ3n) is 12.0. The van der Waals surface area contributed by atoms with E-state index in [-0.39, 0.29) is 0 Å². The van der Waals surface area contributed by atoms with E-state index in [4.69, 9.17) is 24.7 Å². The highest BCUT2D eigenvalue weighted by Gasteiger charge is 2.51. The van der Waals surface area contributed by atoms with E-state index < -0.39 is 5.41 Å². The number of aromatic nitrogens is 4. The van der Waals surface area contributed by atoms with Gasteiger partial charge in [-0.25, -0.2) is 15.0 Å². The molecule has 0 saturated heterocycles. The molecular weight excluding hydrogens is 733 g/mol. The maximum Gasteiger partial charge on any atom is 0.164 e. The smallest absolute Gasteiger partial charge is 0.164 e. The number of fused-ring (bicyclic) bond motifs is 10. The van der Waals surface area contributed by atoms with Crippen LogP contribution in [0.25, 0.3) is 78.4 Å². The molecule has 2 aromatic heterocycles. The van der Waals surface area contributed by atoms with Gasteiger partial charge in [0, 0.05) is 45.0 Å². The first-order chi connectivity index (χ1) is 29.7. The molecule has 0 atom stereocenters. The quantitative estimate of drug-likeness (QED) is 0.175. The van der Waals surface area contributed by atoms with Gasteiger partial charge in [-0.05, 0) is 75.2 Å². The van der Waals surface area contributed by atoms with Gasteiger partial charge in [0.1, 0.15) is 11.5 Å². The van der Waals surface area contributed by atoms with Gasteiger partial charge in [-0.15, -0.1) is 0 Å². The first-order valence-electron chi connectivity index (χ1n) is 20.2. The van der Waals surface area contributed by atoms with Crippen molar-refractivity contribution >= 4 is 10.8 Å². The molecular formula is C55H34N4O. The van der Waals surface area contributed by atoms with E-state index in [1.165, 1.54) is 16.5 Å². The van der Waals surface area contributed by atoms with E-state index in [0.717, 1.165) is 78.2 Å². The van der Waals surface area contributed by atoms with Crippen LogP contribution >= 0.6 is 0 Å². The number of benzene rings is 8. The molecule has 1 spiro atoms. The molecule has 0 bridgehead atoms. The summed E-state index contributed by atoms with van der Waals surface area (Å²) in [7, 11) is 0. The molecule has 8 aromatic carbocycles. The van der Waals surface area contributed by atoms with Crippen molar-refractivity contribution in [3.05, 3.63) is 229 Å². The summed E-state index contributed by atoms with van der Waals surface area (Å²) in [5.41, 5.74) is 13.4. The summed E-state index contributed by atoms with van der Waals surface area (Å²) < 4.78 is 6.64. The summed E-state index contributed by atoms with van der Waals surface area (Å²) in [4.78, 5) is 20.1. The fraction of sp³-hybridized carbons (Fsp3) is 0.0182. The highest BCUT2D eigenvalue weighted by Crippen LogP contribution is 2.62. The summed E-state index contributed by atoms with van der Waals surface area (Å²) in [6.07, 6.45) is 1.90. The number of rotatable bonds is 5. The number of nitrogens with zero attached hydrogens (tertiary/aromatic N) is 4. The molecule has 0 radical (unpaired) electrons. The second kappa shape index (κ2) is 13.5.